The van der Waals surface area contributed by atoms with Gasteiger partial charge in [-0.2, -0.15) is 0 Å². The van der Waals surface area contributed by atoms with Crippen LogP contribution in [0.25, 0.3) is 0 Å². The minimum atomic E-state index is -0.235. The van der Waals surface area contributed by atoms with E-state index in [9.17, 15) is 9.18 Å². The number of hydrogen-bond donors (Lipinski definition) is 1. The van der Waals surface area contributed by atoms with E-state index in [0.29, 0.717) is 18.9 Å². The summed E-state index contributed by atoms with van der Waals surface area (Å²) in [6.45, 7) is 4.51. The van der Waals surface area contributed by atoms with Crippen LogP contribution < -0.4 is 5.32 Å². The highest BCUT2D eigenvalue weighted by Crippen LogP contribution is 2.08. The molecule has 3 nitrogen and oxygen atoms in total. The van der Waals surface area contributed by atoms with Gasteiger partial charge in [-0.25, -0.2) is 4.39 Å². The number of nitrogens with zero attached hydrogens (tertiary/aromatic N) is 1. The summed E-state index contributed by atoms with van der Waals surface area (Å²) in [5, 5.41) is 3.31. The molecule has 1 aliphatic heterocycles. The summed E-state index contributed by atoms with van der Waals surface area (Å²) in [4.78, 5) is 13.9. The molecule has 0 saturated carbocycles. The average Bonchev–Trinajstić information content (AvgIpc) is 2.38. The van der Waals surface area contributed by atoms with Crippen molar-refractivity contribution in [2.45, 2.75) is 25.8 Å². The number of benzene rings is 1. The number of rotatable bonds is 3. The third-order valence-electron chi connectivity index (χ3n) is 3.26. The van der Waals surface area contributed by atoms with E-state index in [2.05, 4.69) is 12.2 Å². The highest BCUT2D eigenvalue weighted by molar-refractivity contribution is 5.85. The normalized spacial score (nSPS) is 18.8. The first kappa shape index (κ1) is 15.9. The maximum Gasteiger partial charge on any atom is 0.222 e. The van der Waals surface area contributed by atoms with Crippen molar-refractivity contribution in [2.75, 3.05) is 19.6 Å². The van der Waals surface area contributed by atoms with Crippen molar-refractivity contribution in [3.8, 4) is 0 Å². The molecule has 1 atom stereocenters. The molecule has 19 heavy (non-hydrogen) atoms. The lowest BCUT2D eigenvalue weighted by atomic mass is 10.1. The Labute approximate surface area is 119 Å². The molecule has 1 aromatic carbocycles. The summed E-state index contributed by atoms with van der Waals surface area (Å²) in [6, 6.07) is 6.72. The minimum Gasteiger partial charge on any atom is -0.340 e. The summed E-state index contributed by atoms with van der Waals surface area (Å²) < 4.78 is 12.7. The van der Waals surface area contributed by atoms with Crippen LogP contribution in [0.4, 0.5) is 4.39 Å². The maximum atomic E-state index is 12.7. The topological polar surface area (TPSA) is 32.3 Å². The van der Waals surface area contributed by atoms with Crippen molar-refractivity contribution in [3.05, 3.63) is 35.6 Å². The number of carbonyl (C=O) groups is 1. The monoisotopic (exact) mass is 286 g/mol. The molecule has 0 aromatic heterocycles. The fraction of sp³-hybridized carbons (Fsp3) is 0.500. The highest BCUT2D eigenvalue weighted by Gasteiger charge is 2.19. The lowest BCUT2D eigenvalue weighted by Gasteiger charge is -2.32. The van der Waals surface area contributed by atoms with Crippen molar-refractivity contribution in [1.29, 1.82) is 0 Å². The van der Waals surface area contributed by atoms with Gasteiger partial charge in [-0.1, -0.05) is 12.1 Å². The highest BCUT2D eigenvalue weighted by atomic mass is 35.5. The molecule has 1 heterocycles. The average molecular weight is 287 g/mol. The zero-order chi connectivity index (χ0) is 13.0. The summed E-state index contributed by atoms with van der Waals surface area (Å²) in [7, 11) is 0. The Hall–Kier alpha value is -1.13. The Balaban J connectivity index is 0.00000180. The number of amides is 1. The van der Waals surface area contributed by atoms with Gasteiger partial charge in [0.05, 0.1) is 0 Å². The summed E-state index contributed by atoms with van der Waals surface area (Å²) in [5.41, 5.74) is 1.01. The third kappa shape index (κ3) is 4.80. The zero-order valence-corrected chi connectivity index (χ0v) is 11.9. The van der Waals surface area contributed by atoms with Crippen LogP contribution in [0.3, 0.4) is 0 Å². The summed E-state index contributed by atoms with van der Waals surface area (Å²) >= 11 is 0. The Kier molecular flexibility index (Phi) is 6.25. The van der Waals surface area contributed by atoms with Gasteiger partial charge in [0.15, 0.2) is 0 Å². The molecule has 1 aliphatic rings. The van der Waals surface area contributed by atoms with Crippen LogP contribution in [0.15, 0.2) is 24.3 Å². The second-order valence-corrected chi connectivity index (χ2v) is 4.82. The van der Waals surface area contributed by atoms with Gasteiger partial charge in [0.1, 0.15) is 5.82 Å². The lowest BCUT2D eigenvalue weighted by molar-refractivity contribution is -0.132. The molecular formula is C14H20ClFN2O. The second kappa shape index (κ2) is 7.46. The van der Waals surface area contributed by atoms with E-state index in [1.807, 2.05) is 4.90 Å². The zero-order valence-electron chi connectivity index (χ0n) is 11.1. The van der Waals surface area contributed by atoms with Gasteiger partial charge < -0.3 is 10.2 Å². The quantitative estimate of drug-likeness (QED) is 0.922. The molecule has 1 unspecified atom stereocenters. The van der Waals surface area contributed by atoms with Crippen molar-refractivity contribution < 1.29 is 9.18 Å². The Bertz CT molecular complexity index is 410. The first-order valence-corrected chi connectivity index (χ1v) is 6.41. The second-order valence-electron chi connectivity index (χ2n) is 4.82. The van der Waals surface area contributed by atoms with E-state index in [1.165, 1.54) is 12.1 Å². The van der Waals surface area contributed by atoms with Crippen LogP contribution in [0.5, 0.6) is 0 Å². The molecule has 1 amide bonds. The SMILES string of the molecule is CC1CN(C(=O)CCc2ccc(F)cc2)CCN1.Cl. The molecule has 1 fully saturated rings. The molecule has 0 bridgehead atoms. The van der Waals surface area contributed by atoms with Gasteiger partial charge in [-0.3, -0.25) is 4.79 Å². The van der Waals surface area contributed by atoms with Crippen molar-refractivity contribution in [2.24, 2.45) is 0 Å². The number of piperazine rings is 1. The van der Waals surface area contributed by atoms with Crippen LogP contribution in [-0.4, -0.2) is 36.5 Å². The molecule has 0 aliphatic carbocycles. The third-order valence-corrected chi connectivity index (χ3v) is 3.26. The predicted molar refractivity (Wildman–Crippen MR) is 76.0 cm³/mol. The predicted octanol–water partition coefficient (Wildman–Crippen LogP) is 2.00. The van der Waals surface area contributed by atoms with Crippen LogP contribution in [0.1, 0.15) is 18.9 Å². The molecular weight excluding hydrogens is 267 g/mol. The van der Waals surface area contributed by atoms with Gasteiger partial charge in [-0.05, 0) is 31.0 Å². The standard InChI is InChI=1S/C14H19FN2O.ClH/c1-11-10-17(9-8-16-11)14(18)7-4-12-2-5-13(15)6-3-12;/h2-3,5-6,11,16H,4,7-10H2,1H3;1H. The molecule has 0 spiro atoms. The fourth-order valence-electron chi connectivity index (χ4n) is 2.22. The molecule has 2 rings (SSSR count). The largest absolute Gasteiger partial charge is 0.340 e. The Morgan fingerprint density at radius 3 is 2.74 bits per heavy atom. The van der Waals surface area contributed by atoms with E-state index in [0.717, 1.165) is 25.2 Å². The van der Waals surface area contributed by atoms with Gasteiger partial charge >= 0.3 is 0 Å². The van der Waals surface area contributed by atoms with E-state index < -0.39 is 0 Å². The smallest absolute Gasteiger partial charge is 0.222 e. The van der Waals surface area contributed by atoms with Gasteiger partial charge in [-0.15, -0.1) is 12.4 Å². The van der Waals surface area contributed by atoms with E-state index in [4.69, 9.17) is 0 Å². The molecule has 5 heteroatoms. The number of halogens is 2. The van der Waals surface area contributed by atoms with Gasteiger partial charge in [0, 0.05) is 32.1 Å². The summed E-state index contributed by atoms with van der Waals surface area (Å²) in [5.74, 6) is -0.0475. The summed E-state index contributed by atoms with van der Waals surface area (Å²) in [6.07, 6.45) is 1.18. The molecule has 1 N–H and O–H groups in total. The Morgan fingerprint density at radius 1 is 1.42 bits per heavy atom. The first-order valence-electron chi connectivity index (χ1n) is 6.41. The molecule has 106 valence electrons. The van der Waals surface area contributed by atoms with Crippen LogP contribution in [0, 0.1) is 5.82 Å². The number of aryl methyl sites for hydroxylation is 1. The van der Waals surface area contributed by atoms with E-state index in [-0.39, 0.29) is 24.1 Å². The van der Waals surface area contributed by atoms with Gasteiger partial charge in [0.25, 0.3) is 0 Å². The Morgan fingerprint density at radius 2 is 2.11 bits per heavy atom. The van der Waals surface area contributed by atoms with E-state index in [1.54, 1.807) is 12.1 Å². The van der Waals surface area contributed by atoms with Crippen molar-refractivity contribution >= 4 is 18.3 Å². The van der Waals surface area contributed by atoms with Crippen molar-refractivity contribution in [3.63, 3.8) is 0 Å². The van der Waals surface area contributed by atoms with Crippen molar-refractivity contribution in [1.82, 2.24) is 10.2 Å². The maximum absolute atomic E-state index is 12.7. The van der Waals surface area contributed by atoms with Crippen LogP contribution in [-0.2, 0) is 11.2 Å². The fourth-order valence-corrected chi connectivity index (χ4v) is 2.22. The van der Waals surface area contributed by atoms with Crippen LogP contribution in [0.2, 0.25) is 0 Å². The number of carbonyl (C=O) groups excluding carboxylic acids is 1. The molecule has 0 radical (unpaired) electrons. The molecule has 1 aromatic rings. The minimum absolute atomic E-state index is 0. The van der Waals surface area contributed by atoms with Gasteiger partial charge in [0.2, 0.25) is 5.91 Å². The van der Waals surface area contributed by atoms with E-state index >= 15 is 0 Å². The molecule has 1 saturated heterocycles. The number of nitrogens with one attached hydrogen (secondary N) is 1. The lowest BCUT2D eigenvalue weighted by Crippen LogP contribution is -2.51. The number of hydrogen-bond acceptors (Lipinski definition) is 2. The van der Waals surface area contributed by atoms with Crippen LogP contribution >= 0.6 is 12.4 Å². The first-order chi connectivity index (χ1) is 8.65.